The van der Waals surface area contributed by atoms with Gasteiger partial charge in [-0.05, 0) is 53.7 Å². The van der Waals surface area contributed by atoms with Crippen LogP contribution in [0.4, 0.5) is 4.79 Å². The topological polar surface area (TPSA) is 205 Å². The number of carbonyl (C=O) groups is 5. The lowest BCUT2D eigenvalue weighted by atomic mass is 9.74. The van der Waals surface area contributed by atoms with E-state index in [1.165, 1.54) is 11.3 Å². The number of carbonyl (C=O) groups excluding carboxylic acids is 5. The lowest BCUT2D eigenvalue weighted by Gasteiger charge is -2.38. The molecule has 2 unspecified atom stereocenters. The predicted octanol–water partition coefficient (Wildman–Crippen LogP) is 3.16. The molecule has 6 atom stereocenters. The highest BCUT2D eigenvalue weighted by atomic mass is 32.2. The highest BCUT2D eigenvalue weighted by molar-refractivity contribution is 7.79. The smallest absolute Gasteiger partial charge is 0.315 e. The molecule has 15 heteroatoms. The molecule has 1 saturated heterocycles. The summed E-state index contributed by atoms with van der Waals surface area (Å²) in [7, 11) is 0. The van der Waals surface area contributed by atoms with Crippen molar-refractivity contribution < 1.29 is 38.1 Å². The van der Waals surface area contributed by atoms with Crippen molar-refractivity contribution in [3.8, 4) is 0 Å². The van der Waals surface area contributed by atoms with Gasteiger partial charge in [-0.2, -0.15) is 4.55 Å². The molecular weight excluding hydrogens is 705 g/mol. The highest BCUT2D eigenvalue weighted by Crippen LogP contribution is 2.41. The predicted molar refractivity (Wildman–Crippen MR) is 204 cm³/mol. The molecular formula is C37H62N6O7S2+2. The third-order valence-corrected chi connectivity index (χ3v) is 12.8. The van der Waals surface area contributed by atoms with Crippen LogP contribution in [0.25, 0.3) is 0 Å². The molecule has 0 bridgehead atoms. The number of nitrogens with two attached hydrogens (primary N) is 2. The average Bonchev–Trinajstić information content (AvgIpc) is 3.76. The quantitative estimate of drug-likeness (QED) is 0.0570. The van der Waals surface area contributed by atoms with Gasteiger partial charge in [-0.1, -0.05) is 83.9 Å². The second-order valence-electron chi connectivity index (χ2n) is 16.0. The maximum Gasteiger partial charge on any atom is 0.315 e. The zero-order chi connectivity index (χ0) is 38.8. The van der Waals surface area contributed by atoms with Crippen molar-refractivity contribution >= 4 is 52.0 Å². The van der Waals surface area contributed by atoms with Crippen LogP contribution in [0.1, 0.15) is 104 Å². The fraction of sp³-hybridized carbons (Fsp3) is 0.703. The van der Waals surface area contributed by atoms with E-state index >= 15 is 0 Å². The van der Waals surface area contributed by atoms with Crippen molar-refractivity contribution in [2.75, 3.05) is 13.1 Å². The van der Waals surface area contributed by atoms with Crippen LogP contribution >= 0.6 is 11.3 Å². The van der Waals surface area contributed by atoms with Gasteiger partial charge in [-0.15, -0.1) is 17.9 Å². The molecule has 52 heavy (non-hydrogen) atoms. The normalized spacial score (nSPS) is 20.7. The highest BCUT2D eigenvalue weighted by Gasteiger charge is 2.50. The van der Waals surface area contributed by atoms with Crippen LogP contribution in [0.15, 0.2) is 29.0 Å². The third kappa shape index (κ3) is 11.4. The number of thiol groups is 1. The Labute approximate surface area is 315 Å². The summed E-state index contributed by atoms with van der Waals surface area (Å²) >= 11 is -1.03. The number of quaternary nitrogens is 1. The standard InChI is InChI=1S/C37H60N6O7S2/c1-8-10-16-25(31(44)32(38)45)40-33(46)30-24(37(6,7)9-2)17-19-43(30)34(47)29(23-14-12-11-13-15-23)42-35(48)41-28(36(3,4)5)22-39-21-26-27(52(49)50)18-20-51-26/h9,18,20,23-25,28-30,39H,2,8,10-17,19,21-22H2,1,3-7H3,(H2,38,45)(H,40,46)(H,49,50)(H2,41,42,48)/p+2/t24-,25?,28+,29-,30-/m0/s1. The van der Waals surface area contributed by atoms with E-state index in [1.54, 1.807) is 22.4 Å². The number of hydrogen-bond donors (Lipinski definition) is 6. The summed E-state index contributed by atoms with van der Waals surface area (Å²) < 4.78 is 21.4. The molecule has 0 radical (unpaired) electrons. The Morgan fingerprint density at radius 2 is 1.77 bits per heavy atom. The van der Waals surface area contributed by atoms with E-state index in [2.05, 4.69) is 22.5 Å². The first-order valence-electron chi connectivity index (χ1n) is 18.6. The Hall–Kier alpha value is -3.14. The number of urea groups is 1. The number of rotatable bonds is 18. The van der Waals surface area contributed by atoms with Gasteiger partial charge in [0.15, 0.2) is 0 Å². The van der Waals surface area contributed by atoms with Crippen LogP contribution in [0, 0.1) is 22.7 Å². The minimum absolute atomic E-state index is 0.131. The lowest BCUT2D eigenvalue weighted by molar-refractivity contribution is -0.673. The number of likely N-dealkylation sites (tertiary alicyclic amines) is 1. The lowest BCUT2D eigenvalue weighted by Crippen LogP contribution is -2.86. The zero-order valence-corrected chi connectivity index (χ0v) is 33.5. The maximum absolute atomic E-state index is 14.7. The summed E-state index contributed by atoms with van der Waals surface area (Å²) in [5.41, 5.74) is 4.44. The first-order chi connectivity index (χ1) is 24.4. The molecule has 1 aromatic heterocycles. The van der Waals surface area contributed by atoms with E-state index in [9.17, 15) is 32.7 Å². The summed E-state index contributed by atoms with van der Waals surface area (Å²) in [6, 6.07) is -2.09. The molecule has 0 aromatic carbocycles. The number of nitrogens with zero attached hydrogens (tertiary/aromatic N) is 1. The summed E-state index contributed by atoms with van der Waals surface area (Å²) in [4.78, 5) is 70.1. The van der Waals surface area contributed by atoms with Crippen molar-refractivity contribution in [2.24, 2.45) is 28.4 Å². The second-order valence-corrected chi connectivity index (χ2v) is 18.0. The number of allylic oxidation sites excluding steroid dienone is 1. The van der Waals surface area contributed by atoms with Gasteiger partial charge in [0.25, 0.3) is 5.91 Å². The number of thiophene rings is 1. The molecule has 1 aliphatic carbocycles. The van der Waals surface area contributed by atoms with Gasteiger partial charge in [0.05, 0.1) is 18.6 Å². The summed E-state index contributed by atoms with van der Waals surface area (Å²) in [5, 5.41) is 12.7. The van der Waals surface area contributed by atoms with E-state index in [4.69, 9.17) is 5.73 Å². The van der Waals surface area contributed by atoms with Crippen LogP contribution < -0.4 is 27.0 Å². The number of unbranched alkanes of at least 4 members (excludes halogenated alkanes) is 1. The van der Waals surface area contributed by atoms with Crippen molar-refractivity contribution in [3.05, 3.63) is 29.0 Å². The van der Waals surface area contributed by atoms with Gasteiger partial charge in [0, 0.05) is 12.6 Å². The summed E-state index contributed by atoms with van der Waals surface area (Å²) in [5.74, 6) is -3.34. The van der Waals surface area contributed by atoms with Gasteiger partial charge < -0.3 is 31.9 Å². The molecule has 5 amide bonds. The van der Waals surface area contributed by atoms with Crippen molar-refractivity contribution in [2.45, 2.75) is 135 Å². The fourth-order valence-corrected chi connectivity index (χ4v) is 9.21. The number of ketones is 1. The maximum atomic E-state index is 14.7. The van der Waals surface area contributed by atoms with Gasteiger partial charge >= 0.3 is 6.03 Å². The SMILES string of the molecule is C=CC(C)(C)[C@H]1CCN(C(=O)[C@@H](NC(=O)N[C@H](C[NH2+]Cc2sccc2[SH+](=O)O)C(C)(C)C)C2CCCCC2)[C@@H]1C(=O)NC(CCCC)C(=O)C(N)=O. The molecule has 3 rings (SSSR count). The van der Waals surface area contributed by atoms with Crippen molar-refractivity contribution in [1.82, 2.24) is 20.9 Å². The fourth-order valence-electron chi connectivity index (χ4n) is 7.44. The average molecular weight is 767 g/mol. The largest absolute Gasteiger partial charge is 0.363 e. The Balaban J connectivity index is 1.87. The molecule has 2 aliphatic rings. The molecule has 0 spiro atoms. The minimum Gasteiger partial charge on any atom is -0.363 e. The summed E-state index contributed by atoms with van der Waals surface area (Å²) in [6.07, 6.45) is 8.25. The molecule has 13 nitrogen and oxygen atoms in total. The zero-order valence-electron chi connectivity index (χ0n) is 31.7. The van der Waals surface area contributed by atoms with Gasteiger partial charge in [0.2, 0.25) is 33.6 Å². The molecule has 2 fully saturated rings. The number of nitrogens with one attached hydrogen (secondary N) is 3. The van der Waals surface area contributed by atoms with Crippen molar-refractivity contribution in [1.29, 1.82) is 0 Å². The van der Waals surface area contributed by atoms with Crippen LogP contribution in [0.3, 0.4) is 0 Å². The van der Waals surface area contributed by atoms with Crippen LogP contribution in [-0.4, -0.2) is 76.2 Å². The Morgan fingerprint density at radius 1 is 1.10 bits per heavy atom. The first kappa shape index (κ1) is 43.3. The van der Waals surface area contributed by atoms with E-state index in [-0.39, 0.29) is 42.2 Å². The molecule has 1 aromatic rings. The molecule has 292 valence electrons. The number of amides is 5. The van der Waals surface area contributed by atoms with Gasteiger partial charge in [-0.3, -0.25) is 19.2 Å². The number of hydrogen-bond acceptors (Lipinski definition) is 7. The van der Waals surface area contributed by atoms with Crippen LogP contribution in [-0.2, 0) is 41.0 Å². The third-order valence-electron chi connectivity index (χ3n) is 10.8. The molecule has 1 aliphatic heterocycles. The van der Waals surface area contributed by atoms with Gasteiger partial charge in [-0.25, -0.2) is 4.79 Å². The van der Waals surface area contributed by atoms with Crippen LogP contribution in [0.5, 0.6) is 0 Å². The monoisotopic (exact) mass is 766 g/mol. The number of primary amides is 1. The van der Waals surface area contributed by atoms with E-state index in [0.29, 0.717) is 30.8 Å². The van der Waals surface area contributed by atoms with E-state index in [1.807, 2.05) is 46.9 Å². The Bertz CT molecular complexity index is 1450. The Kier molecular flexibility index (Phi) is 16.0. The molecule has 2 heterocycles. The van der Waals surface area contributed by atoms with Crippen LogP contribution in [0.2, 0.25) is 0 Å². The minimum atomic E-state index is -2.44. The number of Topliss-reactive ketones (excluding diaryl/α,β-unsaturated/α-hetero) is 1. The van der Waals surface area contributed by atoms with E-state index in [0.717, 1.165) is 43.4 Å². The summed E-state index contributed by atoms with van der Waals surface area (Å²) in [6.45, 7) is 17.2. The van der Waals surface area contributed by atoms with Crippen molar-refractivity contribution in [3.63, 3.8) is 0 Å². The van der Waals surface area contributed by atoms with E-state index < -0.39 is 58.2 Å². The van der Waals surface area contributed by atoms with Gasteiger partial charge in [0.1, 0.15) is 23.5 Å². The first-order valence-corrected chi connectivity index (χ1v) is 20.7. The molecule has 1 saturated carbocycles. The Morgan fingerprint density at radius 3 is 2.35 bits per heavy atom. The molecule has 8 N–H and O–H groups in total. The second kappa shape index (κ2) is 19.3.